The Morgan fingerprint density at radius 3 is 2.10 bits per heavy atom. The van der Waals surface area contributed by atoms with Gasteiger partial charge in [-0.25, -0.2) is 0 Å². The molecule has 0 aromatic heterocycles. The van der Waals surface area contributed by atoms with Gasteiger partial charge in [0.15, 0.2) is 8.32 Å². The van der Waals surface area contributed by atoms with Crippen molar-refractivity contribution in [1.82, 2.24) is 0 Å². The van der Waals surface area contributed by atoms with Crippen LogP contribution in [0, 0.1) is 18.3 Å². The molecule has 0 aliphatic carbocycles. The van der Waals surface area contributed by atoms with E-state index in [-0.39, 0.29) is 12.0 Å². The van der Waals surface area contributed by atoms with Gasteiger partial charge in [-0.05, 0) is 31.5 Å². The lowest BCUT2D eigenvalue weighted by Gasteiger charge is -2.28. The Bertz CT molecular complexity index is 318. The van der Waals surface area contributed by atoms with Crippen molar-refractivity contribution in [1.29, 1.82) is 0 Å². The number of terminal acetylenes is 1. The van der Waals surface area contributed by atoms with E-state index in [4.69, 9.17) is 15.6 Å². The lowest BCUT2D eigenvalue weighted by Crippen LogP contribution is -2.36. The predicted molar refractivity (Wildman–Crippen MR) is 90.3 cm³/mol. The van der Waals surface area contributed by atoms with Gasteiger partial charge in [-0.2, -0.15) is 0 Å². The zero-order chi connectivity index (χ0) is 15.6. The molecule has 0 bridgehead atoms. The molecule has 2 nitrogen and oxygen atoms in total. The Morgan fingerprint density at radius 2 is 1.75 bits per heavy atom. The number of ether oxygens (including phenoxy) is 1. The second kappa shape index (κ2) is 10.2. The van der Waals surface area contributed by atoms with Gasteiger partial charge >= 0.3 is 0 Å². The molecular weight excluding hydrogens is 264 g/mol. The van der Waals surface area contributed by atoms with Crippen LogP contribution in [0.4, 0.5) is 0 Å². The monoisotopic (exact) mass is 296 g/mol. The van der Waals surface area contributed by atoms with Crippen molar-refractivity contribution < 1.29 is 9.16 Å². The number of hydrogen-bond donors (Lipinski definition) is 0. The van der Waals surface area contributed by atoms with Gasteiger partial charge in [-0.15, -0.1) is 6.42 Å². The summed E-state index contributed by atoms with van der Waals surface area (Å²) in [6.07, 6.45) is 8.59. The molecule has 0 spiro atoms. The van der Waals surface area contributed by atoms with Crippen LogP contribution in [-0.2, 0) is 9.16 Å². The van der Waals surface area contributed by atoms with Gasteiger partial charge in [-0.1, -0.05) is 45.3 Å². The van der Waals surface area contributed by atoms with Crippen LogP contribution < -0.4 is 0 Å². The molecule has 20 heavy (non-hydrogen) atoms. The van der Waals surface area contributed by atoms with Gasteiger partial charge in [0.2, 0.25) is 0 Å². The van der Waals surface area contributed by atoms with Crippen LogP contribution >= 0.6 is 0 Å². The standard InChI is InChI=1S/C17H32O2Si/c1-8-16(17(9-2)18-7)13-15(6)14-19-20(10-3,11-4)12-5/h2,13,16-17H,8,10-12,14H2,1,3-7H3/b15-13-/t16-,17-/m1/s1. The van der Waals surface area contributed by atoms with E-state index < -0.39 is 8.32 Å². The summed E-state index contributed by atoms with van der Waals surface area (Å²) in [7, 11) is 0.179. The predicted octanol–water partition coefficient (Wildman–Crippen LogP) is 4.63. The Balaban J connectivity index is 4.69. The topological polar surface area (TPSA) is 18.5 Å². The number of rotatable bonds is 10. The van der Waals surface area contributed by atoms with Gasteiger partial charge in [0.1, 0.15) is 6.10 Å². The first-order valence-electron chi connectivity index (χ1n) is 7.82. The lowest BCUT2D eigenvalue weighted by atomic mass is 9.97. The number of methoxy groups -OCH3 is 1. The summed E-state index contributed by atoms with van der Waals surface area (Å²) in [4.78, 5) is 0. The summed E-state index contributed by atoms with van der Waals surface area (Å²) in [6, 6.07) is 3.57. The van der Waals surface area contributed by atoms with E-state index in [0.717, 1.165) is 13.0 Å². The molecule has 0 aromatic carbocycles. The third-order valence-electron chi connectivity index (χ3n) is 4.32. The molecule has 0 fully saturated rings. The largest absolute Gasteiger partial charge is 0.413 e. The first kappa shape index (κ1) is 19.4. The van der Waals surface area contributed by atoms with E-state index in [1.807, 2.05) is 0 Å². The van der Waals surface area contributed by atoms with Gasteiger partial charge in [0.25, 0.3) is 0 Å². The Morgan fingerprint density at radius 1 is 1.20 bits per heavy atom. The highest BCUT2D eigenvalue weighted by atomic mass is 28.4. The lowest BCUT2D eigenvalue weighted by molar-refractivity contribution is 0.112. The molecule has 0 aliphatic heterocycles. The van der Waals surface area contributed by atoms with Crippen LogP contribution in [0.25, 0.3) is 0 Å². The SMILES string of the molecule is C#C[C@@H](OC)[C@@H](/C=C(/C)CO[Si](CC)(CC)CC)CC. The van der Waals surface area contributed by atoms with Crippen LogP contribution in [0.5, 0.6) is 0 Å². The summed E-state index contributed by atoms with van der Waals surface area (Å²) in [5, 5.41) is 0. The molecule has 0 aliphatic rings. The highest BCUT2D eigenvalue weighted by Crippen LogP contribution is 2.23. The normalized spacial score (nSPS) is 15.8. The fourth-order valence-corrected chi connectivity index (χ4v) is 5.17. The third-order valence-corrected chi connectivity index (χ3v) is 8.94. The average Bonchev–Trinajstić information content (AvgIpc) is 2.49. The minimum absolute atomic E-state index is 0.138. The molecular formula is C17H32O2Si. The van der Waals surface area contributed by atoms with Crippen LogP contribution in [0.2, 0.25) is 18.1 Å². The second-order valence-electron chi connectivity index (χ2n) is 5.44. The van der Waals surface area contributed by atoms with Crippen molar-refractivity contribution in [2.45, 2.75) is 65.3 Å². The smallest absolute Gasteiger partial charge is 0.192 e. The quantitative estimate of drug-likeness (QED) is 0.332. The van der Waals surface area contributed by atoms with Crippen LogP contribution in [0.1, 0.15) is 41.0 Å². The van der Waals surface area contributed by atoms with Crippen LogP contribution in [0.15, 0.2) is 11.6 Å². The van der Waals surface area contributed by atoms with Gasteiger partial charge < -0.3 is 9.16 Å². The average molecular weight is 297 g/mol. The van der Waals surface area contributed by atoms with E-state index in [0.29, 0.717) is 0 Å². The first-order chi connectivity index (χ1) is 9.52. The first-order valence-corrected chi connectivity index (χ1v) is 10.3. The highest BCUT2D eigenvalue weighted by Gasteiger charge is 2.28. The van der Waals surface area contributed by atoms with Crippen molar-refractivity contribution in [2.24, 2.45) is 5.92 Å². The van der Waals surface area contributed by atoms with Crippen molar-refractivity contribution in [3.8, 4) is 12.3 Å². The molecule has 0 radical (unpaired) electrons. The minimum Gasteiger partial charge on any atom is -0.413 e. The van der Waals surface area contributed by atoms with Crippen molar-refractivity contribution in [3.05, 3.63) is 11.6 Å². The molecule has 2 atom stereocenters. The Hall–Kier alpha value is -0.563. The molecule has 0 heterocycles. The maximum absolute atomic E-state index is 6.31. The van der Waals surface area contributed by atoms with E-state index in [1.54, 1.807) is 7.11 Å². The summed E-state index contributed by atoms with van der Waals surface area (Å²) in [6.45, 7) is 11.8. The minimum atomic E-state index is -1.50. The molecule has 0 saturated carbocycles. The van der Waals surface area contributed by atoms with Gasteiger partial charge in [0, 0.05) is 13.0 Å². The summed E-state index contributed by atoms with van der Waals surface area (Å²) >= 11 is 0. The zero-order valence-corrected chi connectivity index (χ0v) is 15.2. The molecule has 0 aromatic rings. The van der Waals surface area contributed by atoms with Gasteiger partial charge in [0.05, 0.1) is 6.61 Å². The van der Waals surface area contributed by atoms with Crippen molar-refractivity contribution >= 4 is 8.32 Å². The second-order valence-corrected chi connectivity index (χ2v) is 10.2. The van der Waals surface area contributed by atoms with E-state index >= 15 is 0 Å². The number of hydrogen-bond acceptors (Lipinski definition) is 2. The maximum Gasteiger partial charge on any atom is 0.192 e. The fourth-order valence-electron chi connectivity index (χ4n) is 2.52. The van der Waals surface area contributed by atoms with Crippen molar-refractivity contribution in [2.75, 3.05) is 13.7 Å². The molecule has 116 valence electrons. The van der Waals surface area contributed by atoms with Gasteiger partial charge in [-0.3, -0.25) is 0 Å². The molecule has 0 amide bonds. The summed E-state index contributed by atoms with van der Waals surface area (Å²) < 4.78 is 11.7. The maximum atomic E-state index is 6.31. The summed E-state index contributed by atoms with van der Waals surface area (Å²) in [5.74, 6) is 2.99. The van der Waals surface area contributed by atoms with Crippen LogP contribution in [0.3, 0.4) is 0 Å². The molecule has 0 N–H and O–H groups in total. The summed E-state index contributed by atoms with van der Waals surface area (Å²) in [5.41, 5.74) is 1.27. The molecule has 3 heteroatoms. The molecule has 0 saturated heterocycles. The Labute approximate surface area is 127 Å². The highest BCUT2D eigenvalue weighted by molar-refractivity contribution is 6.73. The third kappa shape index (κ3) is 5.83. The zero-order valence-electron chi connectivity index (χ0n) is 14.2. The van der Waals surface area contributed by atoms with E-state index in [9.17, 15) is 0 Å². The molecule has 0 rings (SSSR count). The van der Waals surface area contributed by atoms with Crippen molar-refractivity contribution in [3.63, 3.8) is 0 Å². The van der Waals surface area contributed by atoms with E-state index in [2.05, 4.69) is 46.6 Å². The molecule has 0 unspecified atom stereocenters. The fraction of sp³-hybridized carbons (Fsp3) is 0.765. The van der Waals surface area contributed by atoms with Crippen LogP contribution in [-0.4, -0.2) is 28.1 Å². The van der Waals surface area contributed by atoms with E-state index in [1.165, 1.54) is 23.7 Å². The Kier molecular flexibility index (Phi) is 9.92.